The lowest BCUT2D eigenvalue weighted by atomic mass is 10.2. The summed E-state index contributed by atoms with van der Waals surface area (Å²) in [6.45, 7) is 2.32. The molecule has 0 unspecified atom stereocenters. The standard InChI is InChI=1S/C10H12ClNO2/c1-2-6-14-10(13)7-4-3-5-8(11)9(7)12/h3-5H,2,6,12H2,1H3. The van der Waals surface area contributed by atoms with Crippen molar-refractivity contribution in [2.75, 3.05) is 12.3 Å². The fraction of sp³-hybridized carbons (Fsp3) is 0.300. The highest BCUT2D eigenvalue weighted by Gasteiger charge is 2.12. The lowest BCUT2D eigenvalue weighted by molar-refractivity contribution is 0.0506. The average Bonchev–Trinajstić information content (AvgIpc) is 2.18. The molecule has 1 aromatic rings. The number of hydrogen-bond donors (Lipinski definition) is 1. The number of para-hydroxylation sites is 1. The Morgan fingerprint density at radius 2 is 2.29 bits per heavy atom. The van der Waals surface area contributed by atoms with Gasteiger partial charge >= 0.3 is 5.97 Å². The molecule has 0 spiro atoms. The van der Waals surface area contributed by atoms with Gasteiger partial charge in [0, 0.05) is 0 Å². The van der Waals surface area contributed by atoms with Gasteiger partial charge in [-0.15, -0.1) is 0 Å². The lowest BCUT2D eigenvalue weighted by Crippen LogP contribution is -2.08. The Kier molecular flexibility index (Phi) is 3.77. The average molecular weight is 214 g/mol. The van der Waals surface area contributed by atoms with Crippen LogP contribution in [0.1, 0.15) is 23.7 Å². The molecule has 0 bridgehead atoms. The zero-order chi connectivity index (χ0) is 10.6. The molecule has 0 saturated carbocycles. The molecule has 2 N–H and O–H groups in total. The zero-order valence-corrected chi connectivity index (χ0v) is 8.67. The van der Waals surface area contributed by atoms with Crippen LogP contribution in [-0.2, 0) is 4.74 Å². The van der Waals surface area contributed by atoms with E-state index in [2.05, 4.69) is 0 Å². The van der Waals surface area contributed by atoms with Gasteiger partial charge in [-0.2, -0.15) is 0 Å². The van der Waals surface area contributed by atoms with E-state index in [0.717, 1.165) is 6.42 Å². The smallest absolute Gasteiger partial charge is 0.340 e. The second-order valence-corrected chi connectivity index (χ2v) is 3.24. The Morgan fingerprint density at radius 3 is 2.93 bits per heavy atom. The number of benzene rings is 1. The molecule has 0 radical (unpaired) electrons. The van der Waals surface area contributed by atoms with Crippen LogP contribution in [0.4, 0.5) is 5.69 Å². The number of anilines is 1. The minimum atomic E-state index is -0.424. The number of esters is 1. The normalized spacial score (nSPS) is 9.86. The van der Waals surface area contributed by atoms with Crippen molar-refractivity contribution in [3.63, 3.8) is 0 Å². The summed E-state index contributed by atoms with van der Waals surface area (Å²) in [7, 11) is 0. The SMILES string of the molecule is CCCOC(=O)c1cccc(Cl)c1N. The largest absolute Gasteiger partial charge is 0.462 e. The molecule has 3 nitrogen and oxygen atoms in total. The molecular weight excluding hydrogens is 202 g/mol. The van der Waals surface area contributed by atoms with Gasteiger partial charge < -0.3 is 10.5 Å². The fourth-order valence-electron chi connectivity index (χ4n) is 0.988. The van der Waals surface area contributed by atoms with E-state index >= 15 is 0 Å². The Balaban J connectivity index is 2.84. The third-order valence-corrected chi connectivity index (χ3v) is 2.04. The summed E-state index contributed by atoms with van der Waals surface area (Å²) in [4.78, 5) is 11.4. The number of nitrogen functional groups attached to an aromatic ring is 1. The molecule has 0 aliphatic heterocycles. The summed E-state index contributed by atoms with van der Waals surface area (Å²) < 4.78 is 4.94. The van der Waals surface area contributed by atoms with E-state index in [-0.39, 0.29) is 5.69 Å². The maximum absolute atomic E-state index is 11.4. The Morgan fingerprint density at radius 1 is 1.57 bits per heavy atom. The predicted molar refractivity (Wildman–Crippen MR) is 56.4 cm³/mol. The zero-order valence-electron chi connectivity index (χ0n) is 7.92. The van der Waals surface area contributed by atoms with Crippen LogP contribution in [0.2, 0.25) is 5.02 Å². The van der Waals surface area contributed by atoms with Crippen LogP contribution in [0, 0.1) is 0 Å². The second kappa shape index (κ2) is 4.86. The molecule has 0 aromatic heterocycles. The third kappa shape index (κ3) is 2.39. The van der Waals surface area contributed by atoms with Crippen molar-refractivity contribution in [3.8, 4) is 0 Å². The second-order valence-electron chi connectivity index (χ2n) is 2.84. The quantitative estimate of drug-likeness (QED) is 0.620. The number of ether oxygens (including phenoxy) is 1. The highest BCUT2D eigenvalue weighted by atomic mass is 35.5. The third-order valence-electron chi connectivity index (χ3n) is 1.71. The van der Waals surface area contributed by atoms with Gasteiger partial charge in [-0.25, -0.2) is 4.79 Å². The number of carbonyl (C=O) groups is 1. The molecule has 4 heteroatoms. The van der Waals surface area contributed by atoms with Crippen LogP contribution >= 0.6 is 11.6 Å². The van der Waals surface area contributed by atoms with Gasteiger partial charge in [0.1, 0.15) is 0 Å². The first-order valence-corrected chi connectivity index (χ1v) is 4.75. The summed E-state index contributed by atoms with van der Waals surface area (Å²) >= 11 is 5.76. The van der Waals surface area contributed by atoms with Gasteiger partial charge in [0.2, 0.25) is 0 Å². The van der Waals surface area contributed by atoms with Gasteiger partial charge in [0.25, 0.3) is 0 Å². The molecule has 0 saturated heterocycles. The Bertz CT molecular complexity index is 339. The topological polar surface area (TPSA) is 52.3 Å². The summed E-state index contributed by atoms with van der Waals surface area (Å²) in [5.74, 6) is -0.424. The molecule has 0 amide bonds. The monoisotopic (exact) mass is 213 g/mol. The molecule has 0 heterocycles. The molecule has 0 atom stereocenters. The lowest BCUT2D eigenvalue weighted by Gasteiger charge is -2.06. The molecule has 1 aromatic carbocycles. The van der Waals surface area contributed by atoms with E-state index in [0.29, 0.717) is 17.2 Å². The summed E-state index contributed by atoms with van der Waals surface area (Å²) in [5, 5.41) is 0.371. The van der Waals surface area contributed by atoms with Gasteiger partial charge in [-0.05, 0) is 18.6 Å². The minimum Gasteiger partial charge on any atom is -0.462 e. The van der Waals surface area contributed by atoms with Crippen molar-refractivity contribution in [1.29, 1.82) is 0 Å². The van der Waals surface area contributed by atoms with Crippen LogP contribution in [0.15, 0.2) is 18.2 Å². The first-order chi connectivity index (χ1) is 6.66. The van der Waals surface area contributed by atoms with Crippen LogP contribution in [0.5, 0.6) is 0 Å². The van der Waals surface area contributed by atoms with E-state index in [4.69, 9.17) is 22.1 Å². The van der Waals surface area contributed by atoms with Gasteiger partial charge in [0.05, 0.1) is 22.9 Å². The van der Waals surface area contributed by atoms with E-state index in [9.17, 15) is 4.79 Å². The molecule has 0 aliphatic carbocycles. The van der Waals surface area contributed by atoms with Crippen LogP contribution in [-0.4, -0.2) is 12.6 Å². The van der Waals surface area contributed by atoms with Crippen molar-refractivity contribution < 1.29 is 9.53 Å². The van der Waals surface area contributed by atoms with Crippen molar-refractivity contribution in [1.82, 2.24) is 0 Å². The van der Waals surface area contributed by atoms with Crippen LogP contribution in [0.25, 0.3) is 0 Å². The first kappa shape index (κ1) is 10.9. The molecule has 0 aliphatic rings. The number of hydrogen-bond acceptors (Lipinski definition) is 3. The molecule has 1 rings (SSSR count). The summed E-state index contributed by atoms with van der Waals surface area (Å²) in [6.07, 6.45) is 0.784. The van der Waals surface area contributed by atoms with Crippen molar-refractivity contribution in [2.45, 2.75) is 13.3 Å². The van der Waals surface area contributed by atoms with Gasteiger partial charge in [0.15, 0.2) is 0 Å². The molecule has 76 valence electrons. The number of nitrogens with two attached hydrogens (primary N) is 1. The highest BCUT2D eigenvalue weighted by Crippen LogP contribution is 2.22. The Hall–Kier alpha value is -1.22. The first-order valence-electron chi connectivity index (χ1n) is 4.38. The van der Waals surface area contributed by atoms with Crippen molar-refractivity contribution in [3.05, 3.63) is 28.8 Å². The maximum atomic E-state index is 11.4. The maximum Gasteiger partial charge on any atom is 0.340 e. The summed E-state index contributed by atoms with van der Waals surface area (Å²) in [5.41, 5.74) is 6.22. The Labute approximate surface area is 87.8 Å². The van der Waals surface area contributed by atoms with Crippen molar-refractivity contribution in [2.24, 2.45) is 0 Å². The predicted octanol–water partition coefficient (Wildman–Crippen LogP) is 2.49. The van der Waals surface area contributed by atoms with E-state index in [1.807, 2.05) is 6.92 Å². The highest BCUT2D eigenvalue weighted by molar-refractivity contribution is 6.33. The van der Waals surface area contributed by atoms with Crippen LogP contribution in [0.3, 0.4) is 0 Å². The minimum absolute atomic E-state index is 0.273. The molecule has 14 heavy (non-hydrogen) atoms. The summed E-state index contributed by atoms with van der Waals surface area (Å²) in [6, 6.07) is 4.90. The van der Waals surface area contributed by atoms with E-state index in [1.54, 1.807) is 18.2 Å². The molecular formula is C10H12ClNO2. The van der Waals surface area contributed by atoms with E-state index in [1.165, 1.54) is 0 Å². The van der Waals surface area contributed by atoms with Crippen LogP contribution < -0.4 is 5.73 Å². The number of carbonyl (C=O) groups excluding carboxylic acids is 1. The van der Waals surface area contributed by atoms with Gasteiger partial charge in [-0.1, -0.05) is 24.6 Å². The number of rotatable bonds is 3. The fourth-order valence-corrected chi connectivity index (χ4v) is 1.16. The molecule has 0 fully saturated rings. The van der Waals surface area contributed by atoms with Gasteiger partial charge in [-0.3, -0.25) is 0 Å². The van der Waals surface area contributed by atoms with E-state index < -0.39 is 5.97 Å². The number of halogens is 1. The van der Waals surface area contributed by atoms with Crippen molar-refractivity contribution >= 4 is 23.3 Å².